The number of carbonyl (C=O) groups is 1. The van der Waals surface area contributed by atoms with Gasteiger partial charge < -0.3 is 15.3 Å². The summed E-state index contributed by atoms with van der Waals surface area (Å²) in [5, 5.41) is 14.0. The lowest BCUT2D eigenvalue weighted by atomic mass is 10.1. The van der Waals surface area contributed by atoms with E-state index in [0.29, 0.717) is 13.1 Å². The van der Waals surface area contributed by atoms with Gasteiger partial charge in [0.05, 0.1) is 29.4 Å². The van der Waals surface area contributed by atoms with Gasteiger partial charge in [0, 0.05) is 11.4 Å². The molecular weight excluding hydrogens is 322 g/mol. The van der Waals surface area contributed by atoms with Gasteiger partial charge in [-0.15, -0.1) is 11.3 Å². The highest BCUT2D eigenvalue weighted by atomic mass is 32.1. The number of aryl methyl sites for hydroxylation is 2. The molecule has 2 N–H and O–H groups in total. The van der Waals surface area contributed by atoms with Crippen molar-refractivity contribution in [2.45, 2.75) is 46.4 Å². The van der Waals surface area contributed by atoms with Crippen LogP contribution in [0, 0.1) is 13.8 Å². The maximum atomic E-state index is 12.6. The summed E-state index contributed by atoms with van der Waals surface area (Å²) in [6, 6.07) is 9.56. The Morgan fingerprint density at radius 3 is 2.50 bits per heavy atom. The molecule has 1 aromatic heterocycles. The summed E-state index contributed by atoms with van der Waals surface area (Å²) >= 11 is 1.63. The van der Waals surface area contributed by atoms with Gasteiger partial charge in [-0.05, 0) is 33.3 Å². The fourth-order valence-corrected chi connectivity index (χ4v) is 3.31. The highest BCUT2D eigenvalue weighted by Crippen LogP contribution is 2.16. The highest BCUT2D eigenvalue weighted by molar-refractivity contribution is 7.11. The molecule has 0 fully saturated rings. The second kappa shape index (κ2) is 7.77. The first-order chi connectivity index (χ1) is 11.2. The minimum Gasteiger partial charge on any atom is -0.389 e. The molecule has 1 aromatic carbocycles. The van der Waals surface area contributed by atoms with Crippen molar-refractivity contribution >= 4 is 17.4 Å². The van der Waals surface area contributed by atoms with Crippen LogP contribution in [0.3, 0.4) is 0 Å². The van der Waals surface area contributed by atoms with E-state index in [0.717, 1.165) is 21.1 Å². The fraction of sp³-hybridized carbons (Fsp3) is 0.444. The largest absolute Gasteiger partial charge is 0.389 e. The molecule has 2 rings (SSSR count). The van der Waals surface area contributed by atoms with Crippen LogP contribution in [0.25, 0.3) is 0 Å². The van der Waals surface area contributed by atoms with E-state index >= 15 is 0 Å². The Kier molecular flexibility index (Phi) is 5.96. The smallest absolute Gasteiger partial charge is 0.318 e. The van der Waals surface area contributed by atoms with Crippen molar-refractivity contribution in [3.8, 4) is 0 Å². The van der Waals surface area contributed by atoms with E-state index in [4.69, 9.17) is 0 Å². The van der Waals surface area contributed by atoms with Gasteiger partial charge in [-0.25, -0.2) is 9.78 Å². The second-order valence-electron chi connectivity index (χ2n) is 6.55. The van der Waals surface area contributed by atoms with E-state index in [1.54, 1.807) is 30.1 Å². The van der Waals surface area contributed by atoms with Crippen LogP contribution in [-0.2, 0) is 13.1 Å². The molecule has 0 aliphatic carbocycles. The number of thiazole rings is 1. The lowest BCUT2D eigenvalue weighted by molar-refractivity contribution is 0.0446. The molecule has 0 bridgehead atoms. The molecule has 5 nitrogen and oxygen atoms in total. The van der Waals surface area contributed by atoms with E-state index in [2.05, 4.69) is 10.3 Å². The summed E-state index contributed by atoms with van der Waals surface area (Å²) in [4.78, 5) is 19.8. The van der Waals surface area contributed by atoms with Crippen molar-refractivity contribution in [1.29, 1.82) is 0 Å². The third kappa shape index (κ3) is 5.62. The lowest BCUT2D eigenvalue weighted by Crippen LogP contribution is -2.46. The van der Waals surface area contributed by atoms with Crippen LogP contribution in [0.5, 0.6) is 0 Å². The molecule has 0 saturated heterocycles. The van der Waals surface area contributed by atoms with E-state index in [1.807, 2.05) is 44.2 Å². The SMILES string of the molecule is Cc1nc(CNC(=O)N(Cc2ccccc2)CC(C)(C)O)c(C)s1. The summed E-state index contributed by atoms with van der Waals surface area (Å²) < 4.78 is 0. The number of nitrogens with one attached hydrogen (secondary N) is 1. The first-order valence-electron chi connectivity index (χ1n) is 7.96. The molecule has 2 aromatic rings. The number of hydrogen-bond donors (Lipinski definition) is 2. The number of aromatic nitrogens is 1. The molecule has 0 spiro atoms. The number of hydrogen-bond acceptors (Lipinski definition) is 4. The Labute approximate surface area is 147 Å². The van der Waals surface area contributed by atoms with E-state index in [9.17, 15) is 9.90 Å². The van der Waals surface area contributed by atoms with Gasteiger partial charge in [0.1, 0.15) is 0 Å². The Bertz CT molecular complexity index is 677. The van der Waals surface area contributed by atoms with Crippen LogP contribution in [0.2, 0.25) is 0 Å². The lowest BCUT2D eigenvalue weighted by Gasteiger charge is -2.29. The minimum absolute atomic E-state index is 0.203. The first kappa shape index (κ1) is 18.4. The van der Waals surface area contributed by atoms with E-state index in [1.165, 1.54) is 0 Å². The van der Waals surface area contributed by atoms with Crippen LogP contribution < -0.4 is 5.32 Å². The van der Waals surface area contributed by atoms with Crippen molar-refractivity contribution in [2.24, 2.45) is 0 Å². The van der Waals surface area contributed by atoms with Crippen molar-refractivity contribution < 1.29 is 9.90 Å². The molecule has 2 amide bonds. The molecule has 0 atom stereocenters. The molecule has 0 unspecified atom stereocenters. The summed E-state index contributed by atoms with van der Waals surface area (Å²) in [5.41, 5.74) is 0.963. The number of amides is 2. The van der Waals surface area contributed by atoms with Crippen molar-refractivity contribution in [3.05, 3.63) is 51.5 Å². The summed E-state index contributed by atoms with van der Waals surface area (Å²) in [6.07, 6.45) is 0. The maximum absolute atomic E-state index is 12.6. The molecular formula is C18H25N3O2S. The molecule has 130 valence electrons. The van der Waals surface area contributed by atoms with Crippen LogP contribution in [-0.4, -0.2) is 33.2 Å². The van der Waals surface area contributed by atoms with Gasteiger partial charge in [0.15, 0.2) is 0 Å². The van der Waals surface area contributed by atoms with Crippen LogP contribution in [0.15, 0.2) is 30.3 Å². The minimum atomic E-state index is -0.959. The monoisotopic (exact) mass is 347 g/mol. The molecule has 1 heterocycles. The Morgan fingerprint density at radius 2 is 1.96 bits per heavy atom. The van der Waals surface area contributed by atoms with Crippen LogP contribution in [0.4, 0.5) is 4.79 Å². The van der Waals surface area contributed by atoms with Gasteiger partial charge in [-0.2, -0.15) is 0 Å². The number of nitrogens with zero attached hydrogens (tertiary/aromatic N) is 2. The fourth-order valence-electron chi connectivity index (χ4n) is 2.48. The molecule has 0 aliphatic rings. The van der Waals surface area contributed by atoms with Crippen LogP contribution in [0.1, 0.15) is 35.0 Å². The summed E-state index contributed by atoms with van der Waals surface area (Å²) in [6.45, 7) is 8.46. The predicted octanol–water partition coefficient (Wildman–Crippen LogP) is 3.24. The zero-order valence-corrected chi connectivity index (χ0v) is 15.5. The standard InChI is InChI=1S/C18H25N3O2S/c1-13-16(20-14(2)24-13)10-19-17(22)21(12-18(3,4)23)11-15-8-6-5-7-9-15/h5-9,23H,10-12H2,1-4H3,(H,19,22). The molecule has 0 saturated carbocycles. The van der Waals surface area contributed by atoms with Crippen molar-refractivity contribution in [3.63, 3.8) is 0 Å². The molecule has 0 radical (unpaired) electrons. The summed E-state index contributed by atoms with van der Waals surface area (Å²) in [5.74, 6) is 0. The molecule has 0 aliphatic heterocycles. The third-order valence-electron chi connectivity index (χ3n) is 3.49. The Balaban J connectivity index is 2.04. The second-order valence-corrected chi connectivity index (χ2v) is 7.96. The predicted molar refractivity (Wildman–Crippen MR) is 97.0 cm³/mol. The molecule has 6 heteroatoms. The Morgan fingerprint density at radius 1 is 1.29 bits per heavy atom. The maximum Gasteiger partial charge on any atom is 0.318 e. The van der Waals surface area contributed by atoms with Gasteiger partial charge in [0.25, 0.3) is 0 Å². The third-order valence-corrected chi connectivity index (χ3v) is 4.42. The number of aliphatic hydroxyl groups is 1. The number of urea groups is 1. The zero-order chi connectivity index (χ0) is 17.7. The number of carbonyl (C=O) groups excluding carboxylic acids is 1. The Hall–Kier alpha value is -1.92. The summed E-state index contributed by atoms with van der Waals surface area (Å²) in [7, 11) is 0. The van der Waals surface area contributed by atoms with E-state index in [-0.39, 0.29) is 12.6 Å². The van der Waals surface area contributed by atoms with Crippen LogP contribution >= 0.6 is 11.3 Å². The average molecular weight is 347 g/mol. The van der Waals surface area contributed by atoms with Crippen molar-refractivity contribution in [1.82, 2.24) is 15.2 Å². The average Bonchev–Trinajstić information content (AvgIpc) is 2.81. The first-order valence-corrected chi connectivity index (χ1v) is 8.78. The van der Waals surface area contributed by atoms with Gasteiger partial charge in [-0.1, -0.05) is 30.3 Å². The molecule has 24 heavy (non-hydrogen) atoms. The quantitative estimate of drug-likeness (QED) is 0.843. The van der Waals surface area contributed by atoms with E-state index < -0.39 is 5.60 Å². The number of benzene rings is 1. The zero-order valence-electron chi connectivity index (χ0n) is 14.7. The number of rotatable bonds is 6. The van der Waals surface area contributed by atoms with Gasteiger partial charge in [0.2, 0.25) is 0 Å². The normalized spacial score (nSPS) is 11.4. The van der Waals surface area contributed by atoms with Gasteiger partial charge >= 0.3 is 6.03 Å². The topological polar surface area (TPSA) is 65.5 Å². The highest BCUT2D eigenvalue weighted by Gasteiger charge is 2.23. The van der Waals surface area contributed by atoms with Gasteiger partial charge in [-0.3, -0.25) is 0 Å². The van der Waals surface area contributed by atoms with Crippen molar-refractivity contribution in [2.75, 3.05) is 6.54 Å².